The number of hydrogen-bond acceptors (Lipinski definition) is 7. The van der Waals surface area contributed by atoms with Crippen LogP contribution in [0.1, 0.15) is 25.3 Å². The Morgan fingerprint density at radius 1 is 1.12 bits per heavy atom. The third kappa shape index (κ3) is 3.64. The molecule has 32 heavy (non-hydrogen) atoms. The topological polar surface area (TPSA) is 92.0 Å². The normalized spacial score (nSPS) is 29.0. The van der Waals surface area contributed by atoms with E-state index in [1.165, 1.54) is 0 Å². The van der Waals surface area contributed by atoms with Gasteiger partial charge in [0.1, 0.15) is 23.9 Å². The Bertz CT molecular complexity index is 1200. The molecule has 7 heteroatoms. The number of fused-ring (bicyclic) bond motifs is 3. The van der Waals surface area contributed by atoms with E-state index in [0.29, 0.717) is 17.6 Å². The van der Waals surface area contributed by atoms with Crippen molar-refractivity contribution in [1.29, 1.82) is 0 Å². The molecule has 1 aromatic heterocycles. The van der Waals surface area contributed by atoms with Gasteiger partial charge < -0.3 is 18.6 Å². The first-order valence-corrected chi connectivity index (χ1v) is 10.5. The lowest BCUT2D eigenvalue weighted by Gasteiger charge is -2.26. The summed E-state index contributed by atoms with van der Waals surface area (Å²) in [5, 5.41) is 0.850. The van der Waals surface area contributed by atoms with Crippen LogP contribution in [-0.4, -0.2) is 36.2 Å². The Balaban J connectivity index is 1.43. The molecular formula is C25H22O7. The molecule has 0 spiro atoms. The molecule has 1 saturated heterocycles. The van der Waals surface area contributed by atoms with E-state index in [1.54, 1.807) is 18.4 Å². The van der Waals surface area contributed by atoms with Crippen LogP contribution in [0.5, 0.6) is 0 Å². The van der Waals surface area contributed by atoms with E-state index in [4.69, 9.17) is 18.6 Å². The number of rotatable bonds is 3. The van der Waals surface area contributed by atoms with Crippen LogP contribution in [-0.2, 0) is 35.0 Å². The highest BCUT2D eigenvalue weighted by molar-refractivity contribution is 5.93. The summed E-state index contributed by atoms with van der Waals surface area (Å²) in [5.74, 6) is -2.00. The predicted octanol–water partition coefficient (Wildman–Crippen LogP) is 3.58. The van der Waals surface area contributed by atoms with Crippen molar-refractivity contribution >= 4 is 28.9 Å². The molecule has 2 aliphatic heterocycles. The maximum Gasteiger partial charge on any atom is 0.334 e. The van der Waals surface area contributed by atoms with Crippen LogP contribution in [0, 0.1) is 5.92 Å². The summed E-state index contributed by atoms with van der Waals surface area (Å²) in [6, 6.07) is 7.46. The monoisotopic (exact) mass is 434 g/mol. The second-order valence-electron chi connectivity index (χ2n) is 8.44. The van der Waals surface area contributed by atoms with Gasteiger partial charge in [-0.15, -0.1) is 0 Å². The van der Waals surface area contributed by atoms with E-state index in [-0.39, 0.29) is 24.5 Å². The second-order valence-corrected chi connectivity index (χ2v) is 8.44. The Morgan fingerprint density at radius 3 is 2.78 bits per heavy atom. The van der Waals surface area contributed by atoms with Crippen LogP contribution in [0.3, 0.4) is 0 Å². The van der Waals surface area contributed by atoms with Crippen LogP contribution < -0.4 is 0 Å². The van der Waals surface area contributed by atoms with Gasteiger partial charge in [0, 0.05) is 34.9 Å². The van der Waals surface area contributed by atoms with Crippen LogP contribution in [0.4, 0.5) is 0 Å². The molecule has 1 aliphatic carbocycles. The minimum atomic E-state index is -0.752. The van der Waals surface area contributed by atoms with E-state index < -0.39 is 36.0 Å². The lowest BCUT2D eigenvalue weighted by Crippen LogP contribution is -2.33. The molecule has 1 unspecified atom stereocenters. The Kier molecular flexibility index (Phi) is 4.96. The van der Waals surface area contributed by atoms with E-state index in [2.05, 4.69) is 6.58 Å². The number of furan rings is 1. The fourth-order valence-electron chi connectivity index (χ4n) is 4.63. The molecule has 5 rings (SSSR count). The third-order valence-corrected chi connectivity index (χ3v) is 6.14. The number of carbonyl (C=O) groups excluding carboxylic acids is 3. The van der Waals surface area contributed by atoms with Crippen LogP contribution >= 0.6 is 0 Å². The van der Waals surface area contributed by atoms with Crippen molar-refractivity contribution in [3.63, 3.8) is 0 Å². The van der Waals surface area contributed by atoms with Crippen molar-refractivity contribution in [1.82, 2.24) is 0 Å². The highest BCUT2D eigenvalue weighted by Gasteiger charge is 2.46. The fourth-order valence-corrected chi connectivity index (χ4v) is 4.63. The van der Waals surface area contributed by atoms with Gasteiger partial charge in [0.25, 0.3) is 0 Å². The molecule has 0 radical (unpaired) electrons. The van der Waals surface area contributed by atoms with Crippen molar-refractivity contribution in [3.05, 3.63) is 71.5 Å². The quantitative estimate of drug-likeness (QED) is 0.316. The third-order valence-electron chi connectivity index (χ3n) is 6.14. The molecule has 1 aromatic carbocycles. The number of benzene rings is 1. The summed E-state index contributed by atoms with van der Waals surface area (Å²) in [4.78, 5) is 37.4. The molecule has 164 valence electrons. The van der Waals surface area contributed by atoms with Crippen molar-refractivity contribution in [2.24, 2.45) is 5.92 Å². The summed E-state index contributed by atoms with van der Waals surface area (Å²) < 4.78 is 22.3. The first-order valence-electron chi connectivity index (χ1n) is 10.5. The summed E-state index contributed by atoms with van der Waals surface area (Å²) in [7, 11) is 0. The largest absolute Gasteiger partial charge is 0.464 e. The maximum absolute atomic E-state index is 12.9. The Morgan fingerprint density at radius 2 is 1.94 bits per heavy atom. The first kappa shape index (κ1) is 20.3. The average Bonchev–Trinajstić information content (AvgIpc) is 3.38. The van der Waals surface area contributed by atoms with Gasteiger partial charge in [-0.2, -0.15) is 0 Å². The zero-order valence-electron chi connectivity index (χ0n) is 17.5. The number of esters is 3. The number of hydrogen-bond donors (Lipinski definition) is 0. The smallest absolute Gasteiger partial charge is 0.334 e. The van der Waals surface area contributed by atoms with Gasteiger partial charge in [0.05, 0.1) is 18.6 Å². The summed E-state index contributed by atoms with van der Waals surface area (Å²) in [6.07, 6.45) is 4.04. The number of carbonyl (C=O) groups is 3. The molecule has 2 bridgehead atoms. The first-order chi connectivity index (χ1) is 15.4. The maximum atomic E-state index is 12.9. The lowest BCUT2D eigenvalue weighted by atomic mass is 9.85. The molecule has 7 nitrogen and oxygen atoms in total. The van der Waals surface area contributed by atoms with Crippen LogP contribution in [0.15, 0.2) is 70.4 Å². The van der Waals surface area contributed by atoms with Crippen molar-refractivity contribution in [2.75, 3.05) is 0 Å². The molecule has 2 aromatic rings. The van der Waals surface area contributed by atoms with E-state index >= 15 is 0 Å². The zero-order chi connectivity index (χ0) is 22.4. The van der Waals surface area contributed by atoms with E-state index in [0.717, 1.165) is 16.5 Å². The van der Waals surface area contributed by atoms with Gasteiger partial charge in [-0.25, -0.2) is 9.59 Å². The summed E-state index contributed by atoms with van der Waals surface area (Å²) in [5.41, 5.74) is 3.00. The second kappa shape index (κ2) is 7.82. The minimum absolute atomic E-state index is 0.0223. The number of ether oxygens (including phenoxy) is 3. The van der Waals surface area contributed by atoms with Crippen molar-refractivity contribution in [2.45, 2.75) is 44.5 Å². The highest BCUT2D eigenvalue weighted by atomic mass is 16.6. The van der Waals surface area contributed by atoms with Crippen LogP contribution in [0.2, 0.25) is 0 Å². The highest BCUT2D eigenvalue weighted by Crippen LogP contribution is 2.38. The zero-order valence-corrected chi connectivity index (χ0v) is 17.5. The average molecular weight is 434 g/mol. The Labute approximate surface area is 184 Å². The van der Waals surface area contributed by atoms with Gasteiger partial charge in [-0.1, -0.05) is 30.4 Å². The standard InChI is InChI=1S/C25H22O7/c1-13-7-17-9-15(25(28)30-17)10-21-23(14(2)24(27)32-21)20(8-13)31-22(26)11-16-12-29-19-6-4-3-5-18(16)19/h3-6,8-9,12,17,20-21,23H,2,7,10-11H2,1H3/b13-8+/t17-,20-,21?,23+/m1/s1. The van der Waals surface area contributed by atoms with Gasteiger partial charge >= 0.3 is 17.9 Å². The van der Waals surface area contributed by atoms with E-state index in [9.17, 15) is 14.4 Å². The molecule has 3 heterocycles. The SMILES string of the molecule is C=C1C(=O)OC2CC3=C[C@@H](C/C(C)=C/[C@@H](OC(=O)Cc4coc5ccccc45)[C@H]12)OC3=O. The predicted molar refractivity (Wildman–Crippen MR) is 113 cm³/mol. The molecule has 0 saturated carbocycles. The summed E-state index contributed by atoms with van der Waals surface area (Å²) >= 11 is 0. The van der Waals surface area contributed by atoms with Gasteiger partial charge in [-0.3, -0.25) is 4.79 Å². The molecule has 0 N–H and O–H groups in total. The van der Waals surface area contributed by atoms with Crippen molar-refractivity contribution in [3.8, 4) is 0 Å². The fraction of sp³-hybridized carbons (Fsp3) is 0.320. The molecule has 3 aliphatic rings. The number of para-hydroxylation sites is 1. The molecule has 1 fully saturated rings. The van der Waals surface area contributed by atoms with Gasteiger partial charge in [-0.05, 0) is 25.1 Å². The minimum Gasteiger partial charge on any atom is -0.464 e. The molecule has 4 atom stereocenters. The van der Waals surface area contributed by atoms with Crippen LogP contribution in [0.25, 0.3) is 11.0 Å². The van der Waals surface area contributed by atoms with Gasteiger partial charge in [0.15, 0.2) is 0 Å². The molecule has 0 amide bonds. The van der Waals surface area contributed by atoms with Crippen molar-refractivity contribution < 1.29 is 33.0 Å². The molecular weight excluding hydrogens is 412 g/mol. The lowest BCUT2D eigenvalue weighted by molar-refractivity contribution is -0.149. The Hall–Kier alpha value is -3.61. The summed E-state index contributed by atoms with van der Waals surface area (Å²) in [6.45, 7) is 5.76. The van der Waals surface area contributed by atoms with E-state index in [1.807, 2.05) is 31.2 Å². The van der Waals surface area contributed by atoms with Gasteiger partial charge in [0.2, 0.25) is 0 Å².